The topological polar surface area (TPSA) is 35.6 Å². The molecule has 98 valence electrons. The van der Waals surface area contributed by atoms with Crippen LogP contribution in [0.5, 0.6) is 0 Å². The summed E-state index contributed by atoms with van der Waals surface area (Å²) in [6, 6.07) is 0.727. The normalized spacial score (nSPS) is 25.7. The van der Waals surface area contributed by atoms with E-state index in [1.807, 2.05) is 4.90 Å². The van der Waals surface area contributed by atoms with Crippen LogP contribution in [0.1, 0.15) is 32.6 Å². The van der Waals surface area contributed by atoms with Gasteiger partial charge in [0.2, 0.25) is 5.91 Å². The van der Waals surface area contributed by atoms with E-state index in [2.05, 4.69) is 24.2 Å². The van der Waals surface area contributed by atoms with Crippen molar-refractivity contribution in [3.8, 4) is 0 Å². The Balaban J connectivity index is 1.78. The first-order valence-corrected chi connectivity index (χ1v) is 6.94. The van der Waals surface area contributed by atoms with Crippen LogP contribution >= 0.6 is 0 Å². The van der Waals surface area contributed by atoms with Crippen LogP contribution in [0, 0.1) is 0 Å². The smallest absolute Gasteiger partial charge is 0.239 e. The van der Waals surface area contributed by atoms with Gasteiger partial charge >= 0.3 is 0 Å². The predicted molar refractivity (Wildman–Crippen MR) is 68.9 cm³/mol. The third-order valence-corrected chi connectivity index (χ3v) is 3.84. The van der Waals surface area contributed by atoms with E-state index in [1.54, 1.807) is 0 Å². The molecular formula is C13H25N3O. The highest BCUT2D eigenvalue weighted by atomic mass is 16.2. The Labute approximate surface area is 104 Å². The molecule has 1 saturated heterocycles. The third-order valence-electron chi connectivity index (χ3n) is 3.84. The molecule has 1 saturated carbocycles. The minimum Gasteiger partial charge on any atom is -0.340 e. The lowest BCUT2D eigenvalue weighted by Gasteiger charge is -2.33. The van der Waals surface area contributed by atoms with Gasteiger partial charge < -0.3 is 15.1 Å². The van der Waals surface area contributed by atoms with Crippen molar-refractivity contribution in [1.29, 1.82) is 0 Å². The summed E-state index contributed by atoms with van der Waals surface area (Å²) in [5.74, 6) is 0.327. The molecule has 1 aliphatic heterocycles. The van der Waals surface area contributed by atoms with Crippen LogP contribution in [0.25, 0.3) is 0 Å². The lowest BCUT2D eigenvalue weighted by molar-refractivity contribution is -0.136. The number of rotatable bonds is 6. The number of carbonyl (C=O) groups is 1. The molecule has 1 N–H and O–H groups in total. The molecule has 1 unspecified atom stereocenters. The number of hydrogen-bond donors (Lipinski definition) is 1. The van der Waals surface area contributed by atoms with Crippen molar-refractivity contribution in [1.82, 2.24) is 15.1 Å². The van der Waals surface area contributed by atoms with Gasteiger partial charge in [0.05, 0.1) is 6.04 Å². The number of likely N-dealkylation sites (N-methyl/N-ethyl adjacent to an activating group) is 1. The standard InChI is InChI=1S/C13H25N3O/c1-3-15(2)9-10-16-8-4-5-12(13(16)17)14-11-6-7-11/h11-12,14H,3-10H2,1-2H3. The van der Waals surface area contributed by atoms with Gasteiger partial charge in [-0.25, -0.2) is 0 Å². The number of nitrogens with one attached hydrogen (secondary N) is 1. The Kier molecular flexibility index (Phi) is 4.40. The van der Waals surface area contributed by atoms with E-state index in [4.69, 9.17) is 0 Å². The molecule has 0 spiro atoms. The molecule has 0 bridgehead atoms. The Bertz CT molecular complexity index is 265. The quantitative estimate of drug-likeness (QED) is 0.740. The molecular weight excluding hydrogens is 214 g/mol. The Morgan fingerprint density at radius 1 is 1.41 bits per heavy atom. The second-order valence-corrected chi connectivity index (χ2v) is 5.36. The van der Waals surface area contributed by atoms with Crippen molar-refractivity contribution in [3.05, 3.63) is 0 Å². The number of nitrogens with zero attached hydrogens (tertiary/aromatic N) is 2. The number of hydrogen-bond acceptors (Lipinski definition) is 3. The highest BCUT2D eigenvalue weighted by molar-refractivity contribution is 5.82. The van der Waals surface area contributed by atoms with Crippen molar-refractivity contribution in [3.63, 3.8) is 0 Å². The summed E-state index contributed by atoms with van der Waals surface area (Å²) >= 11 is 0. The van der Waals surface area contributed by atoms with Gasteiger partial charge in [0.25, 0.3) is 0 Å². The SMILES string of the molecule is CCN(C)CCN1CCCC(NC2CC2)C1=O. The average molecular weight is 239 g/mol. The average Bonchev–Trinajstić information content (AvgIpc) is 3.14. The maximum absolute atomic E-state index is 12.2. The number of amides is 1. The van der Waals surface area contributed by atoms with Gasteiger partial charge in [-0.3, -0.25) is 4.79 Å². The van der Waals surface area contributed by atoms with Crippen molar-refractivity contribution in [2.24, 2.45) is 0 Å². The van der Waals surface area contributed by atoms with Gasteiger partial charge in [-0.05, 0) is 39.3 Å². The number of piperidine rings is 1. The second-order valence-electron chi connectivity index (χ2n) is 5.36. The van der Waals surface area contributed by atoms with Crippen molar-refractivity contribution in [2.45, 2.75) is 44.7 Å². The van der Waals surface area contributed by atoms with Gasteiger partial charge in [-0.2, -0.15) is 0 Å². The Hall–Kier alpha value is -0.610. The molecule has 1 heterocycles. The van der Waals surface area contributed by atoms with E-state index in [0.717, 1.165) is 39.0 Å². The molecule has 0 radical (unpaired) electrons. The summed E-state index contributed by atoms with van der Waals surface area (Å²) in [4.78, 5) is 16.5. The molecule has 17 heavy (non-hydrogen) atoms. The maximum atomic E-state index is 12.2. The minimum absolute atomic E-state index is 0.100. The van der Waals surface area contributed by atoms with Crippen molar-refractivity contribution < 1.29 is 4.79 Å². The second kappa shape index (κ2) is 5.83. The zero-order valence-electron chi connectivity index (χ0n) is 11.1. The van der Waals surface area contributed by atoms with Gasteiger partial charge in [0.1, 0.15) is 0 Å². The summed E-state index contributed by atoms with van der Waals surface area (Å²) in [7, 11) is 2.11. The van der Waals surface area contributed by atoms with E-state index in [1.165, 1.54) is 12.8 Å². The summed E-state index contributed by atoms with van der Waals surface area (Å²) in [5.41, 5.74) is 0. The molecule has 2 aliphatic rings. The Morgan fingerprint density at radius 3 is 2.82 bits per heavy atom. The molecule has 0 aromatic rings. The van der Waals surface area contributed by atoms with Crippen LogP contribution in [-0.2, 0) is 4.79 Å². The lowest BCUT2D eigenvalue weighted by atomic mass is 10.0. The number of likely N-dealkylation sites (tertiary alicyclic amines) is 1. The molecule has 2 fully saturated rings. The molecule has 0 aromatic heterocycles. The highest BCUT2D eigenvalue weighted by Gasteiger charge is 2.33. The van der Waals surface area contributed by atoms with Gasteiger partial charge in [0, 0.05) is 25.7 Å². The van der Waals surface area contributed by atoms with Gasteiger partial charge in [-0.15, -0.1) is 0 Å². The van der Waals surface area contributed by atoms with Gasteiger partial charge in [-0.1, -0.05) is 6.92 Å². The first kappa shape index (κ1) is 12.8. The van der Waals surface area contributed by atoms with Crippen LogP contribution in [0.4, 0.5) is 0 Å². The van der Waals surface area contributed by atoms with Crippen LogP contribution < -0.4 is 5.32 Å². The summed E-state index contributed by atoms with van der Waals surface area (Å²) < 4.78 is 0. The van der Waals surface area contributed by atoms with E-state index in [0.29, 0.717) is 11.9 Å². The predicted octanol–water partition coefficient (Wildman–Crippen LogP) is 0.681. The first-order valence-electron chi connectivity index (χ1n) is 6.94. The number of carbonyl (C=O) groups excluding carboxylic acids is 1. The van der Waals surface area contributed by atoms with E-state index in [9.17, 15) is 4.79 Å². The molecule has 2 rings (SSSR count). The molecule has 4 nitrogen and oxygen atoms in total. The lowest BCUT2D eigenvalue weighted by Crippen LogP contribution is -2.52. The van der Waals surface area contributed by atoms with Crippen molar-refractivity contribution in [2.75, 3.05) is 33.2 Å². The summed E-state index contributed by atoms with van der Waals surface area (Å²) in [5, 5.41) is 3.47. The largest absolute Gasteiger partial charge is 0.340 e. The van der Waals surface area contributed by atoms with Crippen LogP contribution in [0.15, 0.2) is 0 Å². The molecule has 0 aromatic carbocycles. The van der Waals surface area contributed by atoms with Crippen LogP contribution in [-0.4, -0.2) is 61.0 Å². The third kappa shape index (κ3) is 3.68. The molecule has 1 aliphatic carbocycles. The molecule has 1 amide bonds. The van der Waals surface area contributed by atoms with E-state index < -0.39 is 0 Å². The fourth-order valence-corrected chi connectivity index (χ4v) is 2.30. The highest BCUT2D eigenvalue weighted by Crippen LogP contribution is 2.22. The summed E-state index contributed by atoms with van der Waals surface area (Å²) in [6.45, 7) is 6.00. The minimum atomic E-state index is 0.100. The van der Waals surface area contributed by atoms with Gasteiger partial charge in [0.15, 0.2) is 0 Å². The first-order chi connectivity index (χ1) is 8.20. The summed E-state index contributed by atoms with van der Waals surface area (Å²) in [6.07, 6.45) is 4.67. The molecule has 4 heteroatoms. The Morgan fingerprint density at radius 2 is 2.18 bits per heavy atom. The van der Waals surface area contributed by atoms with Crippen molar-refractivity contribution >= 4 is 5.91 Å². The maximum Gasteiger partial charge on any atom is 0.239 e. The fourth-order valence-electron chi connectivity index (χ4n) is 2.30. The zero-order valence-corrected chi connectivity index (χ0v) is 11.1. The fraction of sp³-hybridized carbons (Fsp3) is 0.923. The monoisotopic (exact) mass is 239 g/mol. The van der Waals surface area contributed by atoms with E-state index >= 15 is 0 Å². The molecule has 1 atom stereocenters. The zero-order chi connectivity index (χ0) is 12.3. The van der Waals surface area contributed by atoms with Crippen LogP contribution in [0.3, 0.4) is 0 Å². The van der Waals surface area contributed by atoms with Crippen LogP contribution in [0.2, 0.25) is 0 Å². The van der Waals surface area contributed by atoms with E-state index in [-0.39, 0.29) is 6.04 Å².